The standard InChI is InChI=1S/C58H57N2O13P.C3H6O2/c1-3-68-58(2)71-51-31-29-47(36-54(51)72-58)33-49(60-57(63)67-39-44-23-13-6-14-24-44)55(61)59-50(56(62)66-38-43-21-11-5-12-22-43)34-48-30-32-52(53(35-48)65-37-42-19-9-4-10-20-42)73-74(64,69-40-45-25-15-7-16-26-45)70-41-46-27-17-8-18-28-46;1-2-3(4)5/h4-32,35-36,49-50H,3,33-34,37-41H2,1-2H3,(H,59,61)(H,60,63);2H2,1H3,(H,4,5)/t49-,50-,58?;/m0./s1. The fraction of sp³-hybridized carbons (Fsp3) is 0.246. The van der Waals surface area contributed by atoms with Gasteiger partial charge in [-0.25, -0.2) is 14.2 Å². The van der Waals surface area contributed by atoms with Gasteiger partial charge in [0.15, 0.2) is 23.0 Å². The van der Waals surface area contributed by atoms with Gasteiger partial charge < -0.3 is 48.7 Å². The highest BCUT2D eigenvalue weighted by molar-refractivity contribution is 7.48. The lowest BCUT2D eigenvalue weighted by molar-refractivity contribution is -0.266. The van der Waals surface area contributed by atoms with Crippen LogP contribution in [0.3, 0.4) is 0 Å². The summed E-state index contributed by atoms with van der Waals surface area (Å²) in [6, 6.07) is 53.4. The molecule has 1 unspecified atom stereocenters. The zero-order valence-electron chi connectivity index (χ0n) is 44.0. The van der Waals surface area contributed by atoms with Crippen molar-refractivity contribution >= 4 is 31.8 Å². The smallest absolute Gasteiger partial charge is 0.485 e. The average molecular weight is 1100 g/mol. The van der Waals surface area contributed by atoms with Crippen LogP contribution < -0.4 is 29.4 Å². The molecule has 17 nitrogen and oxygen atoms in total. The minimum absolute atomic E-state index is 0.0324. The molecule has 3 atom stereocenters. The Morgan fingerprint density at radius 1 is 0.532 bits per heavy atom. The van der Waals surface area contributed by atoms with Crippen molar-refractivity contribution in [2.24, 2.45) is 0 Å². The number of carboxylic acid groups (broad SMARTS) is 1. The van der Waals surface area contributed by atoms with Crippen LogP contribution >= 0.6 is 7.82 Å². The molecule has 0 fully saturated rings. The molecule has 1 aliphatic heterocycles. The third-order valence-electron chi connectivity index (χ3n) is 11.8. The van der Waals surface area contributed by atoms with Gasteiger partial charge in [0.1, 0.15) is 31.9 Å². The summed E-state index contributed by atoms with van der Waals surface area (Å²) in [6.45, 7) is 5.17. The third-order valence-corrected chi connectivity index (χ3v) is 13.1. The number of carbonyl (C=O) groups excluding carboxylic acids is 3. The molecule has 7 aromatic carbocycles. The van der Waals surface area contributed by atoms with Crippen molar-refractivity contribution < 1.29 is 70.8 Å². The number of amides is 2. The maximum Gasteiger partial charge on any atom is 0.530 e. The minimum atomic E-state index is -4.38. The molecule has 79 heavy (non-hydrogen) atoms. The van der Waals surface area contributed by atoms with Crippen molar-refractivity contribution in [2.75, 3.05) is 6.61 Å². The van der Waals surface area contributed by atoms with E-state index < -0.39 is 49.8 Å². The Labute approximate surface area is 459 Å². The molecule has 412 valence electrons. The van der Waals surface area contributed by atoms with Crippen LogP contribution in [0.5, 0.6) is 23.0 Å². The van der Waals surface area contributed by atoms with Gasteiger partial charge in [0.2, 0.25) is 5.91 Å². The lowest BCUT2D eigenvalue weighted by Crippen LogP contribution is -2.53. The Hall–Kier alpha value is -8.47. The number of hydrogen-bond donors (Lipinski definition) is 3. The Bertz CT molecular complexity index is 3050. The summed E-state index contributed by atoms with van der Waals surface area (Å²) in [5, 5.41) is 13.3. The minimum Gasteiger partial charge on any atom is -0.485 e. The van der Waals surface area contributed by atoms with E-state index in [1.807, 2.05) is 146 Å². The number of ether oxygens (including phenoxy) is 6. The summed E-state index contributed by atoms with van der Waals surface area (Å²) < 4.78 is 68.0. The Morgan fingerprint density at radius 3 is 1.51 bits per heavy atom. The van der Waals surface area contributed by atoms with Crippen LogP contribution in [-0.4, -0.2) is 53.7 Å². The number of carboxylic acids is 1. The molecule has 0 bridgehead atoms. The predicted molar refractivity (Wildman–Crippen MR) is 293 cm³/mol. The van der Waals surface area contributed by atoms with Gasteiger partial charge >= 0.3 is 31.8 Å². The monoisotopic (exact) mass is 1090 g/mol. The Morgan fingerprint density at radius 2 is 0.987 bits per heavy atom. The van der Waals surface area contributed by atoms with Crippen LogP contribution in [0.25, 0.3) is 0 Å². The number of esters is 1. The van der Waals surface area contributed by atoms with E-state index in [-0.39, 0.29) is 63.8 Å². The van der Waals surface area contributed by atoms with Crippen LogP contribution in [0.1, 0.15) is 66.1 Å². The van der Waals surface area contributed by atoms with E-state index in [4.69, 9.17) is 47.1 Å². The molecule has 0 aromatic heterocycles. The molecule has 0 saturated heterocycles. The Kier molecular flexibility index (Phi) is 21.6. The van der Waals surface area contributed by atoms with Gasteiger partial charge in [-0.3, -0.25) is 18.6 Å². The summed E-state index contributed by atoms with van der Waals surface area (Å²) in [5.41, 5.74) is 4.86. The van der Waals surface area contributed by atoms with Crippen LogP contribution in [0, 0.1) is 0 Å². The molecule has 0 radical (unpaired) electrons. The topological polar surface area (TPSA) is 213 Å². The molecular weight excluding hydrogens is 1030 g/mol. The van der Waals surface area contributed by atoms with Crippen LogP contribution in [0.4, 0.5) is 4.79 Å². The van der Waals surface area contributed by atoms with Crippen molar-refractivity contribution in [3.63, 3.8) is 0 Å². The maximum absolute atomic E-state index is 14.7. The number of rotatable bonds is 26. The quantitative estimate of drug-likeness (QED) is 0.0340. The van der Waals surface area contributed by atoms with E-state index in [1.54, 1.807) is 56.3 Å². The van der Waals surface area contributed by atoms with Gasteiger partial charge in [0, 0.05) is 26.2 Å². The van der Waals surface area contributed by atoms with Gasteiger partial charge in [-0.05, 0) is 70.1 Å². The van der Waals surface area contributed by atoms with E-state index >= 15 is 0 Å². The highest BCUT2D eigenvalue weighted by Gasteiger charge is 2.39. The molecule has 18 heteroatoms. The number of aliphatic carboxylic acids is 1. The van der Waals surface area contributed by atoms with Crippen LogP contribution in [0.2, 0.25) is 0 Å². The summed E-state index contributed by atoms with van der Waals surface area (Å²) in [7, 11) is -4.38. The van der Waals surface area contributed by atoms with Gasteiger partial charge in [0.25, 0.3) is 0 Å². The number of nitrogens with one attached hydrogen (secondary N) is 2. The molecule has 3 N–H and O–H groups in total. The second kappa shape index (κ2) is 29.3. The second-order valence-corrected chi connectivity index (χ2v) is 19.6. The van der Waals surface area contributed by atoms with Crippen molar-refractivity contribution in [3.05, 3.63) is 227 Å². The van der Waals surface area contributed by atoms with E-state index in [1.165, 1.54) is 6.07 Å². The lowest BCUT2D eigenvalue weighted by atomic mass is 10.0. The van der Waals surface area contributed by atoms with Crippen LogP contribution in [0.15, 0.2) is 188 Å². The lowest BCUT2D eigenvalue weighted by Gasteiger charge is -2.24. The summed E-state index contributed by atoms with van der Waals surface area (Å²) in [4.78, 5) is 51.8. The zero-order chi connectivity index (χ0) is 55.9. The van der Waals surface area contributed by atoms with Gasteiger partial charge in [0.05, 0.1) is 19.8 Å². The Balaban J connectivity index is 0.00000173. The number of phosphoric ester groups is 1. The highest BCUT2D eigenvalue weighted by atomic mass is 31.2. The zero-order valence-corrected chi connectivity index (χ0v) is 44.9. The molecule has 7 aromatic rings. The summed E-state index contributed by atoms with van der Waals surface area (Å²) in [5.74, 6) is -2.57. The van der Waals surface area contributed by atoms with Gasteiger partial charge in [-0.2, -0.15) is 0 Å². The first-order chi connectivity index (χ1) is 38.3. The van der Waals surface area contributed by atoms with E-state index in [0.717, 1.165) is 27.8 Å². The van der Waals surface area contributed by atoms with E-state index in [9.17, 15) is 23.7 Å². The van der Waals surface area contributed by atoms with Crippen molar-refractivity contribution in [3.8, 4) is 23.0 Å². The molecule has 1 heterocycles. The third kappa shape index (κ3) is 18.9. The number of hydrogen-bond acceptors (Lipinski definition) is 14. The first-order valence-corrected chi connectivity index (χ1v) is 27.0. The maximum atomic E-state index is 14.7. The molecule has 0 aliphatic carbocycles. The SMILES string of the molecule is CCC(=O)O.CCOC1(C)Oc2ccc(C[C@H](NC(=O)OCc3ccccc3)C(=O)N[C@@H](Cc3ccc(OP(=O)(OCc4ccccc4)OCc4ccccc4)c(OCc4ccccc4)c3)C(=O)OCc3ccccc3)cc2O1. The number of alkyl carbamates (subject to hydrolysis) is 1. The number of phosphoric acid groups is 1. The second-order valence-electron chi connectivity index (χ2n) is 18.0. The van der Waals surface area contributed by atoms with Crippen LogP contribution in [-0.2, 0) is 88.1 Å². The molecule has 0 saturated carbocycles. The highest BCUT2D eigenvalue weighted by Crippen LogP contribution is 2.53. The molecule has 8 rings (SSSR count). The van der Waals surface area contributed by atoms with Crippen molar-refractivity contribution in [1.29, 1.82) is 0 Å². The number of benzene rings is 7. The molecule has 1 aliphatic rings. The fourth-order valence-electron chi connectivity index (χ4n) is 7.74. The molecular formula is C61H63N2O15P. The average Bonchev–Trinajstić information content (AvgIpc) is 3.97. The predicted octanol–water partition coefficient (Wildman–Crippen LogP) is 11.5. The van der Waals surface area contributed by atoms with Crippen molar-refractivity contribution in [1.82, 2.24) is 10.6 Å². The number of fused-ring (bicyclic) bond motifs is 1. The van der Waals surface area contributed by atoms with E-state index in [0.29, 0.717) is 29.2 Å². The molecule has 0 spiro atoms. The molecule has 2 amide bonds. The summed E-state index contributed by atoms with van der Waals surface area (Å²) >= 11 is 0. The number of carbonyl (C=O) groups is 4. The first-order valence-electron chi connectivity index (χ1n) is 25.6. The van der Waals surface area contributed by atoms with Crippen molar-refractivity contribution in [2.45, 2.75) is 91.1 Å². The summed E-state index contributed by atoms with van der Waals surface area (Å²) in [6.07, 6.45) is -0.822. The largest absolute Gasteiger partial charge is 0.530 e. The normalized spacial score (nSPS) is 14.1. The van der Waals surface area contributed by atoms with E-state index in [2.05, 4.69) is 10.6 Å². The van der Waals surface area contributed by atoms with Gasteiger partial charge in [-0.15, -0.1) is 0 Å². The fourth-order valence-corrected chi connectivity index (χ4v) is 8.92. The first kappa shape index (κ1) is 58.2. The van der Waals surface area contributed by atoms with Gasteiger partial charge in [-0.1, -0.05) is 171 Å².